The first-order valence-electron chi connectivity index (χ1n) is 9.68. The molecule has 0 saturated carbocycles. The Bertz CT molecular complexity index is 917. The van der Waals surface area contributed by atoms with E-state index in [1.807, 2.05) is 0 Å². The number of hydrogen-bond acceptors (Lipinski definition) is 6. The smallest absolute Gasteiger partial charge is 0.319 e. The van der Waals surface area contributed by atoms with E-state index in [4.69, 9.17) is 15.9 Å². The Labute approximate surface area is 180 Å². The van der Waals surface area contributed by atoms with Crippen LogP contribution in [0.25, 0.3) is 0 Å². The third kappa shape index (κ3) is 7.42. The van der Waals surface area contributed by atoms with Crippen LogP contribution in [0, 0.1) is 5.41 Å². The standard InChI is InChI=1S/C21H26N6O4/c1-3-31-18(28)11-17(15-5-4-10-24-12-15)27-20(29)13(2)25-21(30)26-16-8-6-14(7-9-16)19(22)23/h4-10,12-13,17H,3,11H2,1-2H3,(H3,22,23)(H,27,29)(H2,25,26,30)/t13-,17?/m0/s1. The van der Waals surface area contributed by atoms with Gasteiger partial charge in [-0.2, -0.15) is 0 Å². The normalized spacial score (nSPS) is 12.2. The van der Waals surface area contributed by atoms with Crippen LogP contribution >= 0.6 is 0 Å². The van der Waals surface area contributed by atoms with Crippen molar-refractivity contribution in [2.75, 3.05) is 11.9 Å². The molecule has 10 nitrogen and oxygen atoms in total. The molecule has 1 aromatic carbocycles. The second-order valence-corrected chi connectivity index (χ2v) is 6.67. The lowest BCUT2D eigenvalue weighted by Crippen LogP contribution is -2.47. The highest BCUT2D eigenvalue weighted by Crippen LogP contribution is 2.17. The molecule has 0 radical (unpaired) electrons. The first kappa shape index (κ1) is 23.3. The lowest BCUT2D eigenvalue weighted by atomic mass is 10.1. The van der Waals surface area contributed by atoms with Crippen LogP contribution in [0.2, 0.25) is 0 Å². The molecule has 0 fully saturated rings. The van der Waals surface area contributed by atoms with Crippen molar-refractivity contribution in [1.82, 2.24) is 15.6 Å². The Hall–Kier alpha value is -3.95. The van der Waals surface area contributed by atoms with E-state index in [1.165, 1.54) is 6.92 Å². The van der Waals surface area contributed by atoms with E-state index in [2.05, 4.69) is 20.9 Å². The molecule has 10 heteroatoms. The third-order valence-electron chi connectivity index (χ3n) is 4.27. The minimum atomic E-state index is -0.877. The number of aromatic nitrogens is 1. The van der Waals surface area contributed by atoms with E-state index in [0.29, 0.717) is 16.8 Å². The van der Waals surface area contributed by atoms with Gasteiger partial charge in [-0.25, -0.2) is 4.79 Å². The summed E-state index contributed by atoms with van der Waals surface area (Å²) in [7, 11) is 0. The first-order valence-corrected chi connectivity index (χ1v) is 9.68. The Balaban J connectivity index is 1.96. The fraction of sp³-hybridized carbons (Fsp3) is 0.286. The number of amidine groups is 1. The fourth-order valence-electron chi connectivity index (χ4n) is 2.68. The van der Waals surface area contributed by atoms with Gasteiger partial charge in [0.05, 0.1) is 19.1 Å². The summed E-state index contributed by atoms with van der Waals surface area (Å²) in [6, 6.07) is 7.73. The number of carbonyl (C=O) groups is 3. The van der Waals surface area contributed by atoms with E-state index in [-0.39, 0.29) is 18.9 Å². The molecule has 0 spiro atoms. The van der Waals surface area contributed by atoms with Crippen LogP contribution in [-0.2, 0) is 14.3 Å². The lowest BCUT2D eigenvalue weighted by Gasteiger charge is -2.21. The Morgan fingerprint density at radius 1 is 1.16 bits per heavy atom. The summed E-state index contributed by atoms with van der Waals surface area (Å²) in [6.45, 7) is 3.46. The number of ether oxygens (including phenoxy) is 1. The van der Waals surface area contributed by atoms with Gasteiger partial charge in [-0.1, -0.05) is 6.07 Å². The molecular weight excluding hydrogens is 400 g/mol. The van der Waals surface area contributed by atoms with Crippen LogP contribution < -0.4 is 21.7 Å². The molecule has 0 saturated heterocycles. The van der Waals surface area contributed by atoms with Gasteiger partial charge in [-0.05, 0) is 49.7 Å². The highest BCUT2D eigenvalue weighted by molar-refractivity contribution is 5.96. The number of hydrogen-bond donors (Lipinski definition) is 5. The van der Waals surface area contributed by atoms with Crippen LogP contribution in [0.4, 0.5) is 10.5 Å². The van der Waals surface area contributed by atoms with Gasteiger partial charge in [0.15, 0.2) is 0 Å². The van der Waals surface area contributed by atoms with Crippen molar-refractivity contribution in [1.29, 1.82) is 5.41 Å². The van der Waals surface area contributed by atoms with E-state index in [0.717, 1.165) is 0 Å². The molecule has 6 N–H and O–H groups in total. The molecule has 164 valence electrons. The maximum Gasteiger partial charge on any atom is 0.319 e. The molecule has 2 aromatic rings. The van der Waals surface area contributed by atoms with Gasteiger partial charge in [0, 0.05) is 23.6 Å². The molecule has 1 unspecified atom stereocenters. The van der Waals surface area contributed by atoms with Gasteiger partial charge in [-0.15, -0.1) is 0 Å². The summed E-state index contributed by atoms with van der Waals surface area (Å²) in [5, 5.41) is 15.3. The summed E-state index contributed by atoms with van der Waals surface area (Å²) < 4.78 is 4.98. The average Bonchev–Trinajstić information content (AvgIpc) is 2.74. The number of carbonyl (C=O) groups excluding carboxylic acids is 3. The van der Waals surface area contributed by atoms with Gasteiger partial charge < -0.3 is 26.4 Å². The van der Waals surface area contributed by atoms with Gasteiger partial charge in [0.25, 0.3) is 0 Å². The van der Waals surface area contributed by atoms with Crippen LogP contribution in [0.3, 0.4) is 0 Å². The third-order valence-corrected chi connectivity index (χ3v) is 4.27. The zero-order valence-corrected chi connectivity index (χ0v) is 17.3. The topological polar surface area (TPSA) is 159 Å². The number of esters is 1. The van der Waals surface area contributed by atoms with Gasteiger partial charge >= 0.3 is 12.0 Å². The number of amides is 3. The second-order valence-electron chi connectivity index (χ2n) is 6.67. The Morgan fingerprint density at radius 3 is 2.45 bits per heavy atom. The fourth-order valence-corrected chi connectivity index (χ4v) is 2.68. The number of benzene rings is 1. The molecule has 3 amide bonds. The highest BCUT2D eigenvalue weighted by Gasteiger charge is 2.23. The summed E-state index contributed by atoms with van der Waals surface area (Å²) in [4.78, 5) is 40.8. The van der Waals surface area contributed by atoms with Crippen LogP contribution in [0.5, 0.6) is 0 Å². The quantitative estimate of drug-likeness (QED) is 0.233. The van der Waals surface area contributed by atoms with Crippen molar-refractivity contribution in [3.05, 3.63) is 59.9 Å². The van der Waals surface area contributed by atoms with E-state index >= 15 is 0 Å². The predicted molar refractivity (Wildman–Crippen MR) is 115 cm³/mol. The number of pyridine rings is 1. The summed E-state index contributed by atoms with van der Waals surface area (Å²) in [5.74, 6) is -1.00. The minimum Gasteiger partial charge on any atom is -0.466 e. The maximum atomic E-state index is 12.6. The molecule has 2 atom stereocenters. The Kier molecular flexibility index (Phi) is 8.50. The van der Waals surface area contributed by atoms with Crippen LogP contribution in [0.1, 0.15) is 37.4 Å². The number of nitrogen functional groups attached to an aromatic ring is 1. The van der Waals surface area contributed by atoms with Crippen molar-refractivity contribution in [3.63, 3.8) is 0 Å². The van der Waals surface area contributed by atoms with Crippen molar-refractivity contribution >= 4 is 29.4 Å². The SMILES string of the molecule is CCOC(=O)CC(NC(=O)[C@H](C)NC(=O)Nc1ccc(C(=N)N)cc1)c1cccnc1. The van der Waals surface area contributed by atoms with Gasteiger partial charge in [0.2, 0.25) is 5.91 Å². The summed E-state index contributed by atoms with van der Waals surface area (Å²) >= 11 is 0. The number of nitrogens with two attached hydrogens (primary N) is 1. The molecule has 0 bridgehead atoms. The summed E-state index contributed by atoms with van der Waals surface area (Å²) in [6.07, 6.45) is 3.08. The van der Waals surface area contributed by atoms with E-state index < -0.39 is 30.0 Å². The van der Waals surface area contributed by atoms with Crippen LogP contribution in [-0.4, -0.2) is 41.4 Å². The van der Waals surface area contributed by atoms with E-state index in [9.17, 15) is 14.4 Å². The average molecular weight is 426 g/mol. The number of rotatable bonds is 9. The van der Waals surface area contributed by atoms with Crippen molar-refractivity contribution in [3.8, 4) is 0 Å². The molecule has 1 aromatic heterocycles. The molecule has 2 rings (SSSR count). The van der Waals surface area contributed by atoms with Gasteiger partial charge in [-0.3, -0.25) is 20.0 Å². The maximum absolute atomic E-state index is 12.6. The minimum absolute atomic E-state index is 0.0628. The second kappa shape index (κ2) is 11.3. The van der Waals surface area contributed by atoms with Crippen molar-refractivity contribution < 1.29 is 19.1 Å². The largest absolute Gasteiger partial charge is 0.466 e. The number of anilines is 1. The van der Waals surface area contributed by atoms with Crippen molar-refractivity contribution in [2.24, 2.45) is 5.73 Å². The number of nitrogens with zero attached hydrogens (tertiary/aromatic N) is 1. The molecule has 1 heterocycles. The van der Waals surface area contributed by atoms with E-state index in [1.54, 1.807) is 55.7 Å². The monoisotopic (exact) mass is 426 g/mol. The van der Waals surface area contributed by atoms with Crippen LogP contribution in [0.15, 0.2) is 48.8 Å². The summed E-state index contributed by atoms with van der Waals surface area (Å²) in [5.41, 5.74) is 7.05. The zero-order chi connectivity index (χ0) is 22.8. The molecular formula is C21H26N6O4. The number of urea groups is 1. The molecule has 0 aliphatic heterocycles. The molecule has 0 aliphatic rings. The molecule has 0 aliphatic carbocycles. The Morgan fingerprint density at radius 2 is 1.87 bits per heavy atom. The number of nitrogens with one attached hydrogen (secondary N) is 4. The lowest BCUT2D eigenvalue weighted by molar-refractivity contribution is -0.143. The first-order chi connectivity index (χ1) is 14.8. The highest BCUT2D eigenvalue weighted by atomic mass is 16.5. The zero-order valence-electron chi connectivity index (χ0n) is 17.3. The molecule has 31 heavy (non-hydrogen) atoms. The van der Waals surface area contributed by atoms with Gasteiger partial charge in [0.1, 0.15) is 11.9 Å². The van der Waals surface area contributed by atoms with Crippen molar-refractivity contribution in [2.45, 2.75) is 32.4 Å². The predicted octanol–water partition coefficient (Wildman–Crippen LogP) is 1.69.